The number of rotatable bonds is 4. The van der Waals surface area contributed by atoms with Crippen LogP contribution in [-0.2, 0) is 0 Å². The van der Waals surface area contributed by atoms with Gasteiger partial charge in [-0.1, -0.05) is 30.2 Å². The lowest BCUT2D eigenvalue weighted by molar-refractivity contribution is 0.0569. The standard InChI is InChI=1S/C14H19ClN2O/c1-17(10-14(9-16)7-4-8-14)13(18)11-5-2-3-6-12(11)15/h2-3,5-6H,4,7-10,16H2,1H3. The summed E-state index contributed by atoms with van der Waals surface area (Å²) in [7, 11) is 1.82. The summed E-state index contributed by atoms with van der Waals surface area (Å²) >= 11 is 6.04. The van der Waals surface area contributed by atoms with Crippen LogP contribution in [0.1, 0.15) is 29.6 Å². The highest BCUT2D eigenvalue weighted by Crippen LogP contribution is 2.40. The minimum absolute atomic E-state index is 0.0275. The van der Waals surface area contributed by atoms with E-state index in [9.17, 15) is 4.79 Å². The van der Waals surface area contributed by atoms with Gasteiger partial charge in [-0.3, -0.25) is 4.79 Å². The SMILES string of the molecule is CN(CC1(CN)CCC1)C(=O)c1ccccc1Cl. The van der Waals surface area contributed by atoms with Gasteiger partial charge in [0.15, 0.2) is 0 Å². The molecule has 1 aliphatic rings. The molecule has 18 heavy (non-hydrogen) atoms. The first-order chi connectivity index (χ1) is 8.58. The molecule has 98 valence electrons. The van der Waals surface area contributed by atoms with Crippen LogP contribution in [0, 0.1) is 5.41 Å². The van der Waals surface area contributed by atoms with Gasteiger partial charge in [0, 0.05) is 19.0 Å². The predicted molar refractivity (Wildman–Crippen MR) is 73.8 cm³/mol. The molecule has 0 saturated heterocycles. The zero-order valence-corrected chi connectivity index (χ0v) is 11.4. The first-order valence-corrected chi connectivity index (χ1v) is 6.66. The molecule has 1 aliphatic carbocycles. The molecule has 4 heteroatoms. The molecule has 3 nitrogen and oxygen atoms in total. The first kappa shape index (κ1) is 13.4. The summed E-state index contributed by atoms with van der Waals surface area (Å²) in [5.41, 5.74) is 6.52. The Balaban J connectivity index is 2.07. The molecule has 2 rings (SSSR count). The molecule has 0 aromatic heterocycles. The predicted octanol–water partition coefficient (Wildman–Crippen LogP) is 2.54. The number of amides is 1. The Bertz CT molecular complexity index is 438. The Morgan fingerprint density at radius 1 is 1.44 bits per heavy atom. The molecule has 2 N–H and O–H groups in total. The highest BCUT2D eigenvalue weighted by molar-refractivity contribution is 6.33. The topological polar surface area (TPSA) is 46.3 Å². The van der Waals surface area contributed by atoms with Gasteiger partial charge in [-0.05, 0) is 31.5 Å². The van der Waals surface area contributed by atoms with Gasteiger partial charge in [-0.15, -0.1) is 0 Å². The van der Waals surface area contributed by atoms with Crippen LogP contribution in [0.25, 0.3) is 0 Å². The van der Waals surface area contributed by atoms with Crippen LogP contribution < -0.4 is 5.73 Å². The van der Waals surface area contributed by atoms with Crippen LogP contribution in [0.2, 0.25) is 5.02 Å². The van der Waals surface area contributed by atoms with Gasteiger partial charge >= 0.3 is 0 Å². The van der Waals surface area contributed by atoms with Gasteiger partial charge < -0.3 is 10.6 Å². The Kier molecular flexibility index (Phi) is 3.93. The summed E-state index contributed by atoms with van der Waals surface area (Å²) in [4.78, 5) is 14.0. The summed E-state index contributed by atoms with van der Waals surface area (Å²) in [5, 5.41) is 0.504. The zero-order chi connectivity index (χ0) is 13.2. The van der Waals surface area contributed by atoms with Gasteiger partial charge in [0.2, 0.25) is 0 Å². The molecule has 0 unspecified atom stereocenters. The van der Waals surface area contributed by atoms with Gasteiger partial charge in [0.1, 0.15) is 0 Å². The normalized spacial score (nSPS) is 17.1. The summed E-state index contributed by atoms with van der Waals surface area (Å²) in [6, 6.07) is 7.16. The minimum Gasteiger partial charge on any atom is -0.341 e. The van der Waals surface area contributed by atoms with Crippen LogP contribution in [0.15, 0.2) is 24.3 Å². The van der Waals surface area contributed by atoms with Gasteiger partial charge in [-0.25, -0.2) is 0 Å². The molecule has 0 spiro atoms. The molecular formula is C14H19ClN2O. The van der Waals surface area contributed by atoms with Crippen LogP contribution in [0.3, 0.4) is 0 Å². The van der Waals surface area contributed by atoms with Crippen molar-refractivity contribution in [3.8, 4) is 0 Å². The molecule has 1 aromatic carbocycles. The van der Waals surface area contributed by atoms with Crippen molar-refractivity contribution in [2.75, 3.05) is 20.1 Å². The third-order valence-electron chi connectivity index (χ3n) is 3.87. The summed E-state index contributed by atoms with van der Waals surface area (Å²) in [6.45, 7) is 1.36. The van der Waals surface area contributed by atoms with E-state index in [1.54, 1.807) is 17.0 Å². The Morgan fingerprint density at radius 2 is 2.11 bits per heavy atom. The fourth-order valence-corrected chi connectivity index (χ4v) is 2.74. The van der Waals surface area contributed by atoms with E-state index in [0.29, 0.717) is 23.7 Å². The number of halogens is 1. The second-order valence-electron chi connectivity index (χ2n) is 5.20. The monoisotopic (exact) mass is 266 g/mol. The maximum atomic E-state index is 12.3. The van der Waals surface area contributed by atoms with Gasteiger partial charge in [0.25, 0.3) is 5.91 Å². The van der Waals surface area contributed by atoms with E-state index in [1.807, 2.05) is 19.2 Å². The van der Waals surface area contributed by atoms with Crippen LogP contribution >= 0.6 is 11.6 Å². The Hall–Kier alpha value is -1.06. The maximum Gasteiger partial charge on any atom is 0.255 e. The number of nitrogens with two attached hydrogens (primary N) is 1. The van der Waals surface area contributed by atoms with E-state index in [-0.39, 0.29) is 11.3 Å². The van der Waals surface area contributed by atoms with E-state index < -0.39 is 0 Å². The molecule has 1 aromatic rings. The number of carbonyl (C=O) groups is 1. The van der Waals surface area contributed by atoms with E-state index in [0.717, 1.165) is 12.8 Å². The highest BCUT2D eigenvalue weighted by atomic mass is 35.5. The lowest BCUT2D eigenvalue weighted by Gasteiger charge is -2.43. The fourth-order valence-electron chi connectivity index (χ4n) is 2.52. The third kappa shape index (κ3) is 2.52. The number of hydrogen-bond donors (Lipinski definition) is 1. The second-order valence-corrected chi connectivity index (χ2v) is 5.61. The highest BCUT2D eigenvalue weighted by Gasteiger charge is 2.37. The average molecular weight is 267 g/mol. The first-order valence-electron chi connectivity index (χ1n) is 6.28. The van der Waals surface area contributed by atoms with Crippen LogP contribution in [-0.4, -0.2) is 30.9 Å². The van der Waals surface area contributed by atoms with Crippen molar-refractivity contribution < 1.29 is 4.79 Å². The molecule has 1 saturated carbocycles. The van der Waals surface area contributed by atoms with E-state index in [4.69, 9.17) is 17.3 Å². The minimum atomic E-state index is -0.0275. The van der Waals surface area contributed by atoms with E-state index >= 15 is 0 Å². The molecule has 0 radical (unpaired) electrons. The van der Waals surface area contributed by atoms with Crippen molar-refractivity contribution in [3.63, 3.8) is 0 Å². The third-order valence-corrected chi connectivity index (χ3v) is 4.20. The quantitative estimate of drug-likeness (QED) is 0.910. The number of nitrogens with zero attached hydrogens (tertiary/aromatic N) is 1. The van der Waals surface area contributed by atoms with E-state index in [2.05, 4.69) is 0 Å². The van der Waals surface area contributed by atoms with E-state index in [1.165, 1.54) is 6.42 Å². The van der Waals surface area contributed by atoms with Crippen molar-refractivity contribution in [1.29, 1.82) is 0 Å². The Labute approximate surface area is 113 Å². The van der Waals surface area contributed by atoms with Gasteiger partial charge in [-0.2, -0.15) is 0 Å². The molecule has 1 fully saturated rings. The number of carbonyl (C=O) groups excluding carboxylic acids is 1. The summed E-state index contributed by atoms with van der Waals surface area (Å²) in [5.74, 6) is -0.0275. The van der Waals surface area contributed by atoms with Crippen molar-refractivity contribution in [1.82, 2.24) is 4.90 Å². The zero-order valence-electron chi connectivity index (χ0n) is 10.7. The second kappa shape index (κ2) is 5.29. The fraction of sp³-hybridized carbons (Fsp3) is 0.500. The lowest BCUT2D eigenvalue weighted by atomic mass is 9.68. The van der Waals surface area contributed by atoms with Crippen molar-refractivity contribution in [3.05, 3.63) is 34.9 Å². The van der Waals surface area contributed by atoms with Crippen molar-refractivity contribution in [2.45, 2.75) is 19.3 Å². The molecule has 0 atom stereocenters. The smallest absolute Gasteiger partial charge is 0.255 e. The number of benzene rings is 1. The molecule has 1 amide bonds. The van der Waals surface area contributed by atoms with Crippen LogP contribution in [0.4, 0.5) is 0 Å². The molecule has 0 heterocycles. The maximum absolute atomic E-state index is 12.3. The van der Waals surface area contributed by atoms with Crippen molar-refractivity contribution in [2.24, 2.45) is 11.1 Å². The lowest BCUT2D eigenvalue weighted by Crippen LogP contribution is -2.47. The average Bonchev–Trinajstić information content (AvgIpc) is 2.33. The van der Waals surface area contributed by atoms with Crippen LogP contribution in [0.5, 0.6) is 0 Å². The number of hydrogen-bond acceptors (Lipinski definition) is 2. The molecular weight excluding hydrogens is 248 g/mol. The Morgan fingerprint density at radius 3 is 2.61 bits per heavy atom. The largest absolute Gasteiger partial charge is 0.341 e. The van der Waals surface area contributed by atoms with Crippen molar-refractivity contribution >= 4 is 17.5 Å². The summed E-state index contributed by atoms with van der Waals surface area (Å²) in [6.07, 6.45) is 3.44. The van der Waals surface area contributed by atoms with Gasteiger partial charge in [0.05, 0.1) is 10.6 Å². The molecule has 0 aliphatic heterocycles. The summed E-state index contributed by atoms with van der Waals surface area (Å²) < 4.78 is 0. The molecule has 0 bridgehead atoms.